The molecule has 0 aliphatic carbocycles. The van der Waals surface area contributed by atoms with Crippen LogP contribution in [0.4, 0.5) is 5.88 Å². The van der Waals surface area contributed by atoms with Gasteiger partial charge in [0.05, 0.1) is 0 Å². The largest absolute Gasteiger partial charge is 0.441 e. The van der Waals surface area contributed by atoms with E-state index in [2.05, 4.69) is 10.2 Å². The molecule has 5 nitrogen and oxygen atoms in total. The van der Waals surface area contributed by atoms with Crippen molar-refractivity contribution in [3.8, 4) is 6.07 Å². The van der Waals surface area contributed by atoms with E-state index < -0.39 is 5.91 Å². The van der Waals surface area contributed by atoms with Crippen molar-refractivity contribution in [2.45, 2.75) is 12.8 Å². The van der Waals surface area contributed by atoms with E-state index in [0.29, 0.717) is 5.76 Å². The Kier molecular flexibility index (Phi) is 3.68. The fourth-order valence-corrected chi connectivity index (χ4v) is 1.95. The first kappa shape index (κ1) is 12.2. The van der Waals surface area contributed by atoms with Crippen molar-refractivity contribution in [1.82, 2.24) is 5.32 Å². The zero-order valence-electron chi connectivity index (χ0n) is 10.3. The van der Waals surface area contributed by atoms with E-state index in [9.17, 15) is 4.79 Å². The van der Waals surface area contributed by atoms with E-state index in [0.717, 1.165) is 19.0 Å². The molecule has 0 saturated carbocycles. The second-order valence-corrected chi connectivity index (χ2v) is 4.12. The molecule has 2 rings (SSSR count). The van der Waals surface area contributed by atoms with Crippen molar-refractivity contribution < 1.29 is 9.21 Å². The maximum atomic E-state index is 11.4. The van der Waals surface area contributed by atoms with Crippen LogP contribution in [-0.2, 0) is 4.79 Å². The minimum absolute atomic E-state index is 0.0415. The average Bonchev–Trinajstić information content (AvgIpc) is 3.05. The monoisotopic (exact) mass is 245 g/mol. The molecule has 0 atom stereocenters. The van der Waals surface area contributed by atoms with Crippen LogP contribution in [0.15, 0.2) is 22.1 Å². The van der Waals surface area contributed by atoms with Crippen LogP contribution in [-0.4, -0.2) is 26.0 Å². The highest BCUT2D eigenvalue weighted by molar-refractivity contribution is 6.01. The number of anilines is 1. The standard InChI is InChI=1S/C13H15N3O2/c1-15-13(17)10(9-14)8-11-4-5-12(18-11)16-6-2-3-7-16/h4-5,8H,2-3,6-7H2,1H3,(H,15,17)/b10-8-. The number of likely N-dealkylation sites (N-methyl/N-ethyl adjacent to an activating group) is 1. The zero-order chi connectivity index (χ0) is 13.0. The Labute approximate surface area is 106 Å². The predicted molar refractivity (Wildman–Crippen MR) is 67.8 cm³/mol. The minimum Gasteiger partial charge on any atom is -0.441 e. The van der Waals surface area contributed by atoms with Crippen LogP contribution in [0.3, 0.4) is 0 Å². The lowest BCUT2D eigenvalue weighted by Crippen LogP contribution is -2.19. The van der Waals surface area contributed by atoms with Gasteiger partial charge in [-0.2, -0.15) is 5.26 Å². The van der Waals surface area contributed by atoms with Crippen molar-refractivity contribution in [3.63, 3.8) is 0 Å². The van der Waals surface area contributed by atoms with Gasteiger partial charge >= 0.3 is 0 Å². The molecule has 18 heavy (non-hydrogen) atoms. The number of nitriles is 1. The molecule has 0 bridgehead atoms. The highest BCUT2D eigenvalue weighted by Crippen LogP contribution is 2.23. The molecule has 1 N–H and O–H groups in total. The van der Waals surface area contributed by atoms with Crippen LogP contribution in [0.1, 0.15) is 18.6 Å². The van der Waals surface area contributed by atoms with Gasteiger partial charge in [0.1, 0.15) is 17.4 Å². The van der Waals surface area contributed by atoms with Crippen LogP contribution in [0.25, 0.3) is 6.08 Å². The smallest absolute Gasteiger partial charge is 0.261 e. The third-order valence-corrected chi connectivity index (χ3v) is 2.91. The molecule has 1 fully saturated rings. The van der Waals surface area contributed by atoms with Gasteiger partial charge in [-0.15, -0.1) is 0 Å². The maximum absolute atomic E-state index is 11.4. The number of rotatable bonds is 3. The van der Waals surface area contributed by atoms with E-state index in [1.54, 1.807) is 6.07 Å². The van der Waals surface area contributed by atoms with Gasteiger partial charge in [0, 0.05) is 32.3 Å². The van der Waals surface area contributed by atoms with E-state index in [-0.39, 0.29) is 5.57 Å². The molecule has 1 aliphatic heterocycles. The fraction of sp³-hybridized carbons (Fsp3) is 0.385. The Hall–Kier alpha value is -2.22. The Balaban J connectivity index is 2.17. The molecule has 1 aliphatic rings. The van der Waals surface area contributed by atoms with Crippen LogP contribution in [0.5, 0.6) is 0 Å². The van der Waals surface area contributed by atoms with Gasteiger partial charge < -0.3 is 14.6 Å². The SMILES string of the molecule is CNC(=O)/C(C#N)=C\c1ccc(N2CCCC2)o1. The highest BCUT2D eigenvalue weighted by atomic mass is 16.4. The molecular formula is C13H15N3O2. The molecule has 1 amide bonds. The Bertz CT molecular complexity index is 505. The Morgan fingerprint density at radius 1 is 1.50 bits per heavy atom. The number of carbonyl (C=O) groups is 1. The van der Waals surface area contributed by atoms with E-state index >= 15 is 0 Å². The normalized spacial score (nSPS) is 15.6. The van der Waals surface area contributed by atoms with Gasteiger partial charge in [-0.3, -0.25) is 4.79 Å². The van der Waals surface area contributed by atoms with Crippen molar-refractivity contribution in [2.24, 2.45) is 0 Å². The highest BCUT2D eigenvalue weighted by Gasteiger charge is 2.15. The third-order valence-electron chi connectivity index (χ3n) is 2.91. The minimum atomic E-state index is -0.406. The molecule has 0 aromatic carbocycles. The van der Waals surface area contributed by atoms with Crippen LogP contribution >= 0.6 is 0 Å². The summed E-state index contributed by atoms with van der Waals surface area (Å²) in [6, 6.07) is 5.50. The van der Waals surface area contributed by atoms with Crippen LogP contribution in [0.2, 0.25) is 0 Å². The Morgan fingerprint density at radius 2 is 2.22 bits per heavy atom. The van der Waals surface area contributed by atoms with E-state index in [1.165, 1.54) is 26.0 Å². The molecule has 1 aromatic rings. The van der Waals surface area contributed by atoms with Crippen molar-refractivity contribution in [3.05, 3.63) is 23.5 Å². The van der Waals surface area contributed by atoms with Gasteiger partial charge in [0.2, 0.25) is 0 Å². The topological polar surface area (TPSA) is 69.3 Å². The summed E-state index contributed by atoms with van der Waals surface area (Å²) in [5.41, 5.74) is 0.0415. The fourth-order valence-electron chi connectivity index (χ4n) is 1.95. The summed E-state index contributed by atoms with van der Waals surface area (Å²) in [4.78, 5) is 13.5. The zero-order valence-corrected chi connectivity index (χ0v) is 10.3. The van der Waals surface area contributed by atoms with Crippen LogP contribution in [0, 0.1) is 11.3 Å². The summed E-state index contributed by atoms with van der Waals surface area (Å²) in [5.74, 6) is 0.918. The molecule has 0 radical (unpaired) electrons. The summed E-state index contributed by atoms with van der Waals surface area (Å²) in [6.07, 6.45) is 3.81. The first-order valence-electron chi connectivity index (χ1n) is 5.93. The van der Waals surface area contributed by atoms with Gasteiger partial charge in [0.15, 0.2) is 5.88 Å². The average molecular weight is 245 g/mol. The second-order valence-electron chi connectivity index (χ2n) is 4.12. The first-order valence-corrected chi connectivity index (χ1v) is 5.93. The number of hydrogen-bond donors (Lipinski definition) is 1. The predicted octanol–water partition coefficient (Wildman–Crippen LogP) is 1.53. The van der Waals surface area contributed by atoms with Gasteiger partial charge in [-0.25, -0.2) is 0 Å². The van der Waals surface area contributed by atoms with E-state index in [1.807, 2.05) is 12.1 Å². The number of furan rings is 1. The van der Waals surface area contributed by atoms with Gasteiger partial charge in [0.25, 0.3) is 5.91 Å². The molecule has 94 valence electrons. The maximum Gasteiger partial charge on any atom is 0.261 e. The molecular weight excluding hydrogens is 230 g/mol. The number of carbonyl (C=O) groups excluding carboxylic acids is 1. The number of amides is 1. The lowest BCUT2D eigenvalue weighted by molar-refractivity contribution is -0.116. The first-order chi connectivity index (χ1) is 8.74. The lowest BCUT2D eigenvalue weighted by Gasteiger charge is -2.12. The number of nitrogens with one attached hydrogen (secondary N) is 1. The van der Waals surface area contributed by atoms with Gasteiger partial charge in [-0.1, -0.05) is 0 Å². The third kappa shape index (κ3) is 2.54. The molecule has 0 spiro atoms. The Morgan fingerprint density at radius 3 is 2.83 bits per heavy atom. The quantitative estimate of drug-likeness (QED) is 0.647. The van der Waals surface area contributed by atoms with Crippen molar-refractivity contribution in [2.75, 3.05) is 25.0 Å². The summed E-state index contributed by atoms with van der Waals surface area (Å²) in [6.45, 7) is 1.99. The lowest BCUT2D eigenvalue weighted by atomic mass is 10.2. The van der Waals surface area contributed by atoms with Crippen LogP contribution < -0.4 is 10.2 Å². The molecule has 2 heterocycles. The number of nitrogens with zero attached hydrogens (tertiary/aromatic N) is 2. The summed E-state index contributed by atoms with van der Waals surface area (Å²) in [5, 5.41) is 11.3. The van der Waals surface area contributed by atoms with E-state index in [4.69, 9.17) is 9.68 Å². The van der Waals surface area contributed by atoms with Gasteiger partial charge in [-0.05, 0) is 18.9 Å². The summed E-state index contributed by atoms with van der Waals surface area (Å²) < 4.78 is 5.61. The van der Waals surface area contributed by atoms with Crippen molar-refractivity contribution >= 4 is 17.9 Å². The molecule has 1 saturated heterocycles. The summed E-state index contributed by atoms with van der Waals surface area (Å²) in [7, 11) is 1.49. The second kappa shape index (κ2) is 5.41. The molecule has 1 aromatic heterocycles. The molecule has 5 heteroatoms. The molecule has 0 unspecified atom stereocenters. The number of hydrogen-bond acceptors (Lipinski definition) is 4. The van der Waals surface area contributed by atoms with Crippen molar-refractivity contribution in [1.29, 1.82) is 5.26 Å². The summed E-state index contributed by atoms with van der Waals surface area (Å²) >= 11 is 0.